The van der Waals surface area contributed by atoms with Crippen LogP contribution in [0.5, 0.6) is 11.5 Å². The quantitative estimate of drug-likeness (QED) is 0.612. The van der Waals surface area contributed by atoms with Crippen LogP contribution in [-0.2, 0) is 19.4 Å². The third kappa shape index (κ3) is 6.70. The Morgan fingerprint density at radius 1 is 1.21 bits per heavy atom. The lowest BCUT2D eigenvalue weighted by Crippen LogP contribution is -2.38. The van der Waals surface area contributed by atoms with Crippen LogP contribution < -0.4 is 14.8 Å². The Morgan fingerprint density at radius 3 is 2.57 bits per heavy atom. The molecule has 0 unspecified atom stereocenters. The molecule has 1 saturated heterocycles. The average Bonchev–Trinajstić information content (AvgIpc) is 2.97. The van der Waals surface area contributed by atoms with E-state index < -0.39 is 34.4 Å². The van der Waals surface area contributed by atoms with Gasteiger partial charge in [-0.2, -0.15) is 0 Å². The van der Waals surface area contributed by atoms with Gasteiger partial charge in [-0.15, -0.1) is 0 Å². The molecule has 28 heavy (non-hydrogen) atoms. The Labute approximate surface area is 165 Å². The number of esters is 1. The molecule has 1 fully saturated rings. The van der Waals surface area contributed by atoms with Crippen LogP contribution in [0, 0.1) is 5.92 Å². The Hall–Kier alpha value is -2.29. The fraction of sp³-hybridized carbons (Fsp3) is 0.579. The zero-order valence-corrected chi connectivity index (χ0v) is 17.2. The number of hydrogen-bond acceptors (Lipinski definition) is 7. The number of carbonyl (C=O) groups excluding carboxylic acids is 2. The molecule has 1 aliphatic rings. The lowest BCUT2D eigenvalue weighted by molar-refractivity contribution is -0.124. The molecule has 156 valence electrons. The molecule has 0 saturated carbocycles. The van der Waals surface area contributed by atoms with Crippen molar-refractivity contribution in [1.82, 2.24) is 5.32 Å². The van der Waals surface area contributed by atoms with Gasteiger partial charge in [0, 0.05) is 6.04 Å². The standard InChI is InChI=1S/C19H27NO7S/c1-4-25-17-9-14(5-6-16(17)26-10-13(2)3)19(22)27-11-18(21)20-15-7-8-28(23,24)12-15/h5-6,9,13,15H,4,7-8,10-12H2,1-3H3,(H,20,21)/t15-/m0/s1. The summed E-state index contributed by atoms with van der Waals surface area (Å²) in [6.07, 6.45) is 0.373. The van der Waals surface area contributed by atoms with E-state index in [0.29, 0.717) is 37.1 Å². The Balaban J connectivity index is 1.92. The largest absolute Gasteiger partial charge is 0.490 e. The molecule has 1 aromatic rings. The maximum Gasteiger partial charge on any atom is 0.338 e. The van der Waals surface area contributed by atoms with Gasteiger partial charge < -0.3 is 19.5 Å². The number of ether oxygens (including phenoxy) is 3. The zero-order chi connectivity index (χ0) is 20.7. The van der Waals surface area contributed by atoms with Gasteiger partial charge in [-0.1, -0.05) is 13.8 Å². The average molecular weight is 413 g/mol. The predicted molar refractivity (Wildman–Crippen MR) is 103 cm³/mol. The minimum Gasteiger partial charge on any atom is -0.490 e. The highest BCUT2D eigenvalue weighted by Crippen LogP contribution is 2.29. The van der Waals surface area contributed by atoms with Crippen molar-refractivity contribution >= 4 is 21.7 Å². The van der Waals surface area contributed by atoms with Gasteiger partial charge in [0.15, 0.2) is 27.9 Å². The van der Waals surface area contributed by atoms with E-state index in [0.717, 1.165) is 0 Å². The van der Waals surface area contributed by atoms with Gasteiger partial charge >= 0.3 is 5.97 Å². The summed E-state index contributed by atoms with van der Waals surface area (Å²) in [4.78, 5) is 24.1. The van der Waals surface area contributed by atoms with Crippen LogP contribution in [-0.4, -0.2) is 57.7 Å². The van der Waals surface area contributed by atoms with E-state index in [2.05, 4.69) is 5.32 Å². The smallest absolute Gasteiger partial charge is 0.338 e. The summed E-state index contributed by atoms with van der Waals surface area (Å²) in [5, 5.41) is 2.57. The topological polar surface area (TPSA) is 108 Å². The summed E-state index contributed by atoms with van der Waals surface area (Å²) < 4.78 is 39.1. The third-order valence-corrected chi connectivity index (χ3v) is 5.75. The second kappa shape index (κ2) is 9.77. The van der Waals surface area contributed by atoms with Crippen molar-refractivity contribution in [3.63, 3.8) is 0 Å². The predicted octanol–water partition coefficient (Wildman–Crippen LogP) is 1.58. The summed E-state index contributed by atoms with van der Waals surface area (Å²) in [5.41, 5.74) is 0.233. The van der Waals surface area contributed by atoms with E-state index in [9.17, 15) is 18.0 Å². The molecule has 1 heterocycles. The highest BCUT2D eigenvalue weighted by atomic mass is 32.2. The number of amides is 1. The monoisotopic (exact) mass is 413 g/mol. The van der Waals surface area contributed by atoms with Crippen LogP contribution in [0.1, 0.15) is 37.6 Å². The molecule has 1 aliphatic heterocycles. The molecule has 0 aliphatic carbocycles. The molecule has 1 aromatic carbocycles. The lowest BCUT2D eigenvalue weighted by Gasteiger charge is -2.14. The first-order valence-corrected chi connectivity index (χ1v) is 11.1. The van der Waals surface area contributed by atoms with Crippen LogP contribution >= 0.6 is 0 Å². The van der Waals surface area contributed by atoms with Crippen LogP contribution in [0.2, 0.25) is 0 Å². The second-order valence-electron chi connectivity index (χ2n) is 7.04. The fourth-order valence-corrected chi connectivity index (χ4v) is 4.34. The number of nitrogens with one attached hydrogen (secondary N) is 1. The summed E-state index contributed by atoms with van der Waals surface area (Å²) in [5.74, 6) is 0.0757. The fourth-order valence-electron chi connectivity index (χ4n) is 2.67. The minimum atomic E-state index is -3.09. The van der Waals surface area contributed by atoms with Crippen LogP contribution in [0.25, 0.3) is 0 Å². The van der Waals surface area contributed by atoms with E-state index >= 15 is 0 Å². The van der Waals surface area contributed by atoms with E-state index in [1.54, 1.807) is 12.1 Å². The van der Waals surface area contributed by atoms with Crippen molar-refractivity contribution in [2.75, 3.05) is 31.3 Å². The Kier molecular flexibility index (Phi) is 7.68. The SMILES string of the molecule is CCOc1cc(C(=O)OCC(=O)N[C@H]2CCS(=O)(=O)C2)ccc1OCC(C)C. The van der Waals surface area contributed by atoms with Gasteiger partial charge in [-0.25, -0.2) is 13.2 Å². The first-order chi connectivity index (χ1) is 13.2. The molecule has 0 bridgehead atoms. The van der Waals surface area contributed by atoms with Crippen molar-refractivity contribution < 1.29 is 32.2 Å². The van der Waals surface area contributed by atoms with Gasteiger partial charge in [-0.05, 0) is 37.5 Å². The minimum absolute atomic E-state index is 0.0587. The van der Waals surface area contributed by atoms with Gasteiger partial charge in [-0.3, -0.25) is 4.79 Å². The Morgan fingerprint density at radius 2 is 1.96 bits per heavy atom. The van der Waals surface area contributed by atoms with Crippen LogP contribution in [0.3, 0.4) is 0 Å². The van der Waals surface area contributed by atoms with Crippen molar-refractivity contribution in [2.24, 2.45) is 5.92 Å². The van der Waals surface area contributed by atoms with Crippen LogP contribution in [0.4, 0.5) is 0 Å². The number of rotatable bonds is 9. The van der Waals surface area contributed by atoms with Crippen molar-refractivity contribution in [1.29, 1.82) is 0 Å². The van der Waals surface area contributed by atoms with E-state index in [1.807, 2.05) is 20.8 Å². The summed E-state index contributed by atoms with van der Waals surface area (Å²) in [6.45, 7) is 6.32. The molecule has 0 aromatic heterocycles. The first kappa shape index (κ1) is 22.0. The third-order valence-electron chi connectivity index (χ3n) is 3.98. The molecule has 1 amide bonds. The number of hydrogen-bond donors (Lipinski definition) is 1. The molecule has 1 atom stereocenters. The maximum atomic E-state index is 12.2. The highest BCUT2D eigenvalue weighted by Gasteiger charge is 2.29. The van der Waals surface area contributed by atoms with Gasteiger partial charge in [0.1, 0.15) is 0 Å². The van der Waals surface area contributed by atoms with Gasteiger partial charge in [0.25, 0.3) is 5.91 Å². The van der Waals surface area contributed by atoms with Crippen molar-refractivity contribution in [3.8, 4) is 11.5 Å². The van der Waals surface area contributed by atoms with Crippen molar-refractivity contribution in [3.05, 3.63) is 23.8 Å². The molecule has 8 nitrogen and oxygen atoms in total. The molecule has 9 heteroatoms. The lowest BCUT2D eigenvalue weighted by atomic mass is 10.2. The van der Waals surface area contributed by atoms with E-state index in [1.165, 1.54) is 6.07 Å². The summed E-state index contributed by atoms with van der Waals surface area (Å²) >= 11 is 0. The molecule has 1 N–H and O–H groups in total. The first-order valence-electron chi connectivity index (χ1n) is 9.26. The highest BCUT2D eigenvalue weighted by molar-refractivity contribution is 7.91. The molecule has 2 rings (SSSR count). The molecular weight excluding hydrogens is 386 g/mol. The van der Waals surface area contributed by atoms with E-state index in [-0.39, 0.29) is 17.1 Å². The summed E-state index contributed by atoms with van der Waals surface area (Å²) in [7, 11) is -3.09. The van der Waals surface area contributed by atoms with Crippen LogP contribution in [0.15, 0.2) is 18.2 Å². The number of carbonyl (C=O) groups is 2. The molecule has 0 spiro atoms. The van der Waals surface area contributed by atoms with E-state index in [4.69, 9.17) is 14.2 Å². The molecular formula is C19H27NO7S. The zero-order valence-electron chi connectivity index (χ0n) is 16.4. The van der Waals surface area contributed by atoms with Crippen molar-refractivity contribution in [2.45, 2.75) is 33.2 Å². The number of benzene rings is 1. The number of sulfone groups is 1. The normalized spacial score (nSPS) is 17.9. The Bertz CT molecular complexity index is 805. The second-order valence-corrected chi connectivity index (χ2v) is 9.27. The summed E-state index contributed by atoms with van der Waals surface area (Å²) in [6, 6.07) is 4.26. The molecule has 0 radical (unpaired) electrons. The van der Waals surface area contributed by atoms with Gasteiger partial charge in [0.2, 0.25) is 0 Å². The van der Waals surface area contributed by atoms with Gasteiger partial charge in [0.05, 0.1) is 30.3 Å². The maximum absolute atomic E-state index is 12.2.